The van der Waals surface area contributed by atoms with Gasteiger partial charge < -0.3 is 9.31 Å². The Hall–Kier alpha value is -3.18. The fraction of sp³-hybridized carbons (Fsp3) is 0.188. The van der Waals surface area contributed by atoms with Crippen molar-refractivity contribution < 1.29 is 9.31 Å². The number of hydrogen-bond donors (Lipinski definition) is 0. The summed E-state index contributed by atoms with van der Waals surface area (Å²) in [6.45, 7) is 8.42. The van der Waals surface area contributed by atoms with Crippen molar-refractivity contribution >= 4 is 65.6 Å². The summed E-state index contributed by atoms with van der Waals surface area (Å²) in [6.07, 6.45) is 0. The van der Waals surface area contributed by atoms with Gasteiger partial charge in [-0.25, -0.2) is 0 Å². The van der Waals surface area contributed by atoms with Crippen LogP contribution in [0.25, 0.3) is 52.8 Å². The van der Waals surface area contributed by atoms with Gasteiger partial charge >= 0.3 is 7.12 Å². The predicted molar refractivity (Wildman–Crippen MR) is 155 cm³/mol. The molecule has 0 atom stereocenters. The third kappa shape index (κ3) is 3.25. The van der Waals surface area contributed by atoms with Crippen LogP contribution in [0.15, 0.2) is 91.0 Å². The first kappa shape index (κ1) is 22.1. The zero-order valence-corrected chi connectivity index (χ0v) is 21.8. The largest absolute Gasteiger partial charge is 0.495 e. The lowest BCUT2D eigenvalue weighted by Gasteiger charge is -2.32. The molecule has 1 aromatic heterocycles. The molecule has 1 aliphatic rings. The molecule has 0 saturated carbocycles. The summed E-state index contributed by atoms with van der Waals surface area (Å²) >= 11 is 1.87. The van der Waals surface area contributed by atoms with Gasteiger partial charge in [0.25, 0.3) is 0 Å². The smallest absolute Gasteiger partial charge is 0.399 e. The Kier molecular flexibility index (Phi) is 4.69. The molecule has 5 aromatic carbocycles. The molecule has 0 amide bonds. The van der Waals surface area contributed by atoms with E-state index in [9.17, 15) is 0 Å². The van der Waals surface area contributed by atoms with Crippen molar-refractivity contribution in [3.8, 4) is 11.1 Å². The van der Waals surface area contributed by atoms with Crippen LogP contribution in [-0.4, -0.2) is 18.3 Å². The Morgan fingerprint density at radius 2 is 1.25 bits per heavy atom. The first-order chi connectivity index (χ1) is 17.3. The maximum absolute atomic E-state index is 6.41. The highest BCUT2D eigenvalue weighted by atomic mass is 32.1. The van der Waals surface area contributed by atoms with E-state index in [1.165, 1.54) is 52.8 Å². The van der Waals surface area contributed by atoms with Crippen molar-refractivity contribution in [2.45, 2.75) is 38.9 Å². The van der Waals surface area contributed by atoms with Gasteiger partial charge in [-0.2, -0.15) is 0 Å². The molecular weight excluding hydrogens is 459 g/mol. The molecular formula is C32H27BO2S. The molecule has 36 heavy (non-hydrogen) atoms. The van der Waals surface area contributed by atoms with E-state index in [0.717, 1.165) is 5.46 Å². The van der Waals surface area contributed by atoms with Crippen LogP contribution in [0.5, 0.6) is 0 Å². The zero-order valence-electron chi connectivity index (χ0n) is 21.0. The minimum absolute atomic E-state index is 0.368. The van der Waals surface area contributed by atoms with Gasteiger partial charge in [0.1, 0.15) is 0 Å². The first-order valence-electron chi connectivity index (χ1n) is 12.5. The maximum Gasteiger partial charge on any atom is 0.495 e. The average Bonchev–Trinajstić information content (AvgIpc) is 3.33. The van der Waals surface area contributed by atoms with Crippen LogP contribution in [0, 0.1) is 0 Å². The molecule has 0 radical (unpaired) electrons. The van der Waals surface area contributed by atoms with E-state index >= 15 is 0 Å². The van der Waals surface area contributed by atoms with Crippen LogP contribution < -0.4 is 5.46 Å². The summed E-state index contributed by atoms with van der Waals surface area (Å²) in [7, 11) is -0.384. The molecule has 2 heterocycles. The lowest BCUT2D eigenvalue weighted by molar-refractivity contribution is 0.00578. The summed E-state index contributed by atoms with van der Waals surface area (Å²) in [5.41, 5.74) is 2.81. The Labute approximate surface area is 215 Å². The monoisotopic (exact) mass is 486 g/mol. The van der Waals surface area contributed by atoms with Gasteiger partial charge in [0.15, 0.2) is 0 Å². The van der Waals surface area contributed by atoms with Crippen molar-refractivity contribution in [1.82, 2.24) is 0 Å². The molecule has 0 bridgehead atoms. The molecule has 1 aliphatic heterocycles. The Morgan fingerprint density at radius 1 is 0.583 bits per heavy atom. The average molecular weight is 486 g/mol. The maximum atomic E-state index is 6.41. The van der Waals surface area contributed by atoms with E-state index in [-0.39, 0.29) is 18.3 Å². The number of benzene rings is 5. The zero-order chi connectivity index (χ0) is 24.7. The number of hydrogen-bond acceptors (Lipinski definition) is 3. The minimum Gasteiger partial charge on any atom is -0.399 e. The normalized spacial score (nSPS) is 17.1. The minimum atomic E-state index is -0.384. The van der Waals surface area contributed by atoms with E-state index in [0.29, 0.717) is 0 Å². The SMILES string of the molecule is CC1(C)OB(c2cccc3c(-c4ccc5sc6cc7ccccc7cc6c5c4)cccc23)OC1(C)C. The number of rotatable bonds is 2. The van der Waals surface area contributed by atoms with E-state index in [2.05, 4.69) is 119 Å². The molecule has 2 nitrogen and oxygen atoms in total. The molecule has 0 N–H and O–H groups in total. The Morgan fingerprint density at radius 3 is 2.03 bits per heavy atom. The summed E-state index contributed by atoms with van der Waals surface area (Å²) in [5, 5.41) is 7.61. The lowest BCUT2D eigenvalue weighted by Crippen LogP contribution is -2.41. The van der Waals surface area contributed by atoms with Gasteiger partial charge in [0.05, 0.1) is 11.2 Å². The number of fused-ring (bicyclic) bond motifs is 5. The first-order valence-corrected chi connectivity index (χ1v) is 13.4. The molecule has 176 valence electrons. The van der Waals surface area contributed by atoms with Gasteiger partial charge in [0, 0.05) is 20.2 Å². The highest BCUT2D eigenvalue weighted by molar-refractivity contribution is 7.25. The second-order valence-electron chi connectivity index (χ2n) is 10.8. The van der Waals surface area contributed by atoms with Gasteiger partial charge in [-0.15, -0.1) is 11.3 Å². The summed E-state index contributed by atoms with van der Waals surface area (Å²) in [6, 6.07) is 33.2. The van der Waals surface area contributed by atoms with E-state index in [4.69, 9.17) is 9.31 Å². The summed E-state index contributed by atoms with van der Waals surface area (Å²) in [4.78, 5) is 0. The van der Waals surface area contributed by atoms with Crippen LogP contribution in [0.1, 0.15) is 27.7 Å². The van der Waals surface area contributed by atoms with Crippen LogP contribution in [0.4, 0.5) is 0 Å². The van der Waals surface area contributed by atoms with Gasteiger partial charge in [0.2, 0.25) is 0 Å². The van der Waals surface area contributed by atoms with Crippen molar-refractivity contribution in [2.24, 2.45) is 0 Å². The Balaban J connectivity index is 1.39. The summed E-state index contributed by atoms with van der Waals surface area (Å²) in [5.74, 6) is 0. The van der Waals surface area contributed by atoms with Crippen LogP contribution in [0.2, 0.25) is 0 Å². The van der Waals surface area contributed by atoms with E-state index in [1.54, 1.807) is 0 Å². The second kappa shape index (κ2) is 7.66. The third-order valence-corrected chi connectivity index (χ3v) is 9.25. The van der Waals surface area contributed by atoms with Crippen molar-refractivity contribution in [1.29, 1.82) is 0 Å². The quantitative estimate of drug-likeness (QED) is 0.229. The standard InChI is InChI=1S/C32H27BO2S/c1-31(2)32(3,4)35-33(34-31)28-14-8-12-24-23(11-7-13-25(24)28)22-15-16-29-26(18-22)27-17-20-9-5-6-10-21(20)19-30(27)36-29/h5-19H,1-4H3. The summed E-state index contributed by atoms with van der Waals surface area (Å²) < 4.78 is 15.5. The fourth-order valence-corrected chi connectivity index (χ4v) is 6.51. The van der Waals surface area contributed by atoms with Crippen molar-refractivity contribution in [3.05, 3.63) is 91.0 Å². The topological polar surface area (TPSA) is 18.5 Å². The van der Waals surface area contributed by atoms with Crippen molar-refractivity contribution in [3.63, 3.8) is 0 Å². The molecule has 7 rings (SSSR count). The molecule has 0 spiro atoms. The van der Waals surface area contributed by atoms with Crippen LogP contribution in [-0.2, 0) is 9.31 Å². The fourth-order valence-electron chi connectivity index (χ4n) is 5.39. The van der Waals surface area contributed by atoms with E-state index in [1.807, 2.05) is 11.3 Å². The third-order valence-electron chi connectivity index (χ3n) is 8.11. The molecule has 6 aromatic rings. The lowest BCUT2D eigenvalue weighted by atomic mass is 9.75. The predicted octanol–water partition coefficient (Wildman–Crippen LogP) is 8.33. The van der Waals surface area contributed by atoms with Crippen molar-refractivity contribution in [2.75, 3.05) is 0 Å². The molecule has 4 heteroatoms. The highest BCUT2D eigenvalue weighted by Crippen LogP contribution is 2.40. The van der Waals surface area contributed by atoms with E-state index < -0.39 is 0 Å². The Bertz CT molecular complexity index is 1800. The molecule has 0 aliphatic carbocycles. The molecule has 1 saturated heterocycles. The highest BCUT2D eigenvalue weighted by Gasteiger charge is 2.52. The van der Waals surface area contributed by atoms with Gasteiger partial charge in [-0.05, 0) is 90.1 Å². The van der Waals surface area contributed by atoms with Crippen LogP contribution >= 0.6 is 11.3 Å². The number of thiophene rings is 1. The van der Waals surface area contributed by atoms with Gasteiger partial charge in [-0.1, -0.05) is 66.7 Å². The second-order valence-corrected chi connectivity index (χ2v) is 11.9. The molecule has 1 fully saturated rings. The van der Waals surface area contributed by atoms with Gasteiger partial charge in [-0.3, -0.25) is 0 Å². The molecule has 0 unspecified atom stereocenters. The van der Waals surface area contributed by atoms with Crippen LogP contribution in [0.3, 0.4) is 0 Å².